The zero-order valence-corrected chi connectivity index (χ0v) is 18.7. The van der Waals surface area contributed by atoms with E-state index in [-0.39, 0.29) is 17.7 Å². The molecule has 164 valence electrons. The molecule has 3 heterocycles. The van der Waals surface area contributed by atoms with Crippen LogP contribution >= 0.6 is 11.8 Å². The largest absolute Gasteiger partial charge is 0.467 e. The highest BCUT2D eigenvalue weighted by Crippen LogP contribution is 2.28. The number of aromatic nitrogens is 3. The average molecular weight is 435 g/mol. The van der Waals surface area contributed by atoms with Crippen LogP contribution in [0, 0.1) is 11.8 Å². The molecule has 10 heteroatoms. The Bertz CT molecular complexity index is 841. The van der Waals surface area contributed by atoms with Crippen LogP contribution in [0.25, 0.3) is 0 Å². The summed E-state index contributed by atoms with van der Waals surface area (Å²) in [6.45, 7) is 10.5. The molecule has 0 unspecified atom stereocenters. The van der Waals surface area contributed by atoms with Crippen molar-refractivity contribution in [1.29, 1.82) is 0 Å². The topological polar surface area (TPSA) is 105 Å². The average Bonchev–Trinajstić information content (AvgIpc) is 3.29. The van der Waals surface area contributed by atoms with Gasteiger partial charge in [0.15, 0.2) is 5.16 Å². The van der Waals surface area contributed by atoms with E-state index < -0.39 is 6.03 Å². The number of carbonyl (C=O) groups is 2. The van der Waals surface area contributed by atoms with Gasteiger partial charge in [0.25, 0.3) is 0 Å². The van der Waals surface area contributed by atoms with Crippen molar-refractivity contribution in [2.75, 3.05) is 23.7 Å². The van der Waals surface area contributed by atoms with Crippen LogP contribution in [0.4, 0.5) is 10.7 Å². The molecule has 2 aromatic heterocycles. The maximum atomic E-state index is 12.2. The molecule has 1 fully saturated rings. The van der Waals surface area contributed by atoms with E-state index >= 15 is 0 Å². The highest BCUT2D eigenvalue weighted by molar-refractivity contribution is 7.99. The van der Waals surface area contributed by atoms with Gasteiger partial charge in [-0.2, -0.15) is 0 Å². The van der Waals surface area contributed by atoms with E-state index in [0.29, 0.717) is 23.5 Å². The molecule has 0 aliphatic carbocycles. The number of carbonyl (C=O) groups excluding carboxylic acids is 2. The van der Waals surface area contributed by atoms with Gasteiger partial charge in [-0.1, -0.05) is 25.6 Å². The molecular weight excluding hydrogens is 404 g/mol. The highest BCUT2D eigenvalue weighted by Gasteiger charge is 2.27. The summed E-state index contributed by atoms with van der Waals surface area (Å²) in [5.74, 6) is 2.40. The molecule has 0 radical (unpaired) electrons. The van der Waals surface area contributed by atoms with Crippen molar-refractivity contribution in [3.8, 4) is 0 Å². The standard InChI is InChI=1S/C20H30N6O3S/c1-13(2)21-18(28)22-17(27)12-30-20-24-23-19(25-9-14(3)8-15(4)10-25)26(20)11-16-6-5-7-29-16/h5-7,13-15H,8-12H2,1-4H3,(H2,21,22,27,28)/t14-,15+. The number of hydrogen-bond acceptors (Lipinski definition) is 7. The van der Waals surface area contributed by atoms with Gasteiger partial charge in [0, 0.05) is 19.1 Å². The van der Waals surface area contributed by atoms with Crippen molar-refractivity contribution in [2.45, 2.75) is 51.9 Å². The van der Waals surface area contributed by atoms with Crippen LogP contribution in [0.3, 0.4) is 0 Å². The van der Waals surface area contributed by atoms with E-state index in [2.05, 4.69) is 39.6 Å². The number of nitrogens with zero attached hydrogens (tertiary/aromatic N) is 4. The van der Waals surface area contributed by atoms with Gasteiger partial charge in [-0.15, -0.1) is 10.2 Å². The van der Waals surface area contributed by atoms with Gasteiger partial charge in [0.1, 0.15) is 5.76 Å². The lowest BCUT2D eigenvalue weighted by Gasteiger charge is -2.35. The minimum atomic E-state index is -0.496. The Balaban J connectivity index is 1.73. The SMILES string of the molecule is CC(C)NC(=O)NC(=O)CSc1nnc(N2C[C@H](C)C[C@H](C)C2)n1Cc1ccco1. The molecule has 0 aromatic carbocycles. The van der Waals surface area contributed by atoms with E-state index in [1.54, 1.807) is 6.26 Å². The number of thioether (sulfide) groups is 1. The summed E-state index contributed by atoms with van der Waals surface area (Å²) in [4.78, 5) is 26.1. The molecule has 0 spiro atoms. The molecule has 30 heavy (non-hydrogen) atoms. The normalized spacial score (nSPS) is 19.2. The van der Waals surface area contributed by atoms with Crippen LogP contribution in [-0.4, -0.2) is 51.6 Å². The summed E-state index contributed by atoms with van der Waals surface area (Å²) in [5.41, 5.74) is 0. The van der Waals surface area contributed by atoms with Crippen LogP contribution in [0.1, 0.15) is 39.9 Å². The third-order valence-electron chi connectivity index (χ3n) is 4.75. The van der Waals surface area contributed by atoms with Gasteiger partial charge in [-0.3, -0.25) is 14.7 Å². The molecule has 3 amide bonds. The number of urea groups is 1. The number of rotatable bonds is 7. The van der Waals surface area contributed by atoms with E-state index in [9.17, 15) is 9.59 Å². The molecule has 3 rings (SSSR count). The van der Waals surface area contributed by atoms with Gasteiger partial charge in [-0.25, -0.2) is 4.79 Å². The van der Waals surface area contributed by atoms with Crippen molar-refractivity contribution in [3.05, 3.63) is 24.2 Å². The summed E-state index contributed by atoms with van der Waals surface area (Å²) in [5, 5.41) is 14.4. The molecule has 2 aromatic rings. The zero-order chi connectivity index (χ0) is 21.7. The fraction of sp³-hybridized carbons (Fsp3) is 0.600. The predicted molar refractivity (Wildman–Crippen MR) is 116 cm³/mol. The third kappa shape index (κ3) is 6.01. The van der Waals surface area contributed by atoms with Gasteiger partial charge in [-0.05, 0) is 44.2 Å². The maximum absolute atomic E-state index is 12.2. The summed E-state index contributed by atoms with van der Waals surface area (Å²) in [6, 6.07) is 3.21. The quantitative estimate of drug-likeness (QED) is 0.646. The number of hydrogen-bond donors (Lipinski definition) is 2. The first-order valence-corrected chi connectivity index (χ1v) is 11.2. The van der Waals surface area contributed by atoms with Gasteiger partial charge in [0.05, 0.1) is 18.6 Å². The van der Waals surface area contributed by atoms with E-state index in [1.807, 2.05) is 30.5 Å². The second kappa shape index (κ2) is 10.0. The monoisotopic (exact) mass is 434 g/mol. The Hall–Kier alpha value is -2.49. The van der Waals surface area contributed by atoms with Crippen molar-refractivity contribution in [1.82, 2.24) is 25.4 Å². The predicted octanol–water partition coefficient (Wildman–Crippen LogP) is 2.73. The van der Waals surface area contributed by atoms with E-state index in [4.69, 9.17) is 4.42 Å². The Kier molecular flexibility index (Phi) is 7.41. The lowest BCUT2D eigenvalue weighted by molar-refractivity contribution is -0.117. The molecule has 2 atom stereocenters. The van der Waals surface area contributed by atoms with Gasteiger partial charge >= 0.3 is 6.03 Å². The summed E-state index contributed by atoms with van der Waals surface area (Å²) < 4.78 is 7.51. The zero-order valence-electron chi connectivity index (χ0n) is 17.9. The smallest absolute Gasteiger partial charge is 0.321 e. The molecule has 0 bridgehead atoms. The summed E-state index contributed by atoms with van der Waals surface area (Å²) >= 11 is 1.25. The molecule has 1 aliphatic rings. The van der Waals surface area contributed by atoms with Crippen molar-refractivity contribution in [3.63, 3.8) is 0 Å². The number of imide groups is 1. The second-order valence-electron chi connectivity index (χ2n) is 8.26. The number of amides is 3. The first-order valence-electron chi connectivity index (χ1n) is 10.3. The van der Waals surface area contributed by atoms with E-state index in [1.165, 1.54) is 18.2 Å². The summed E-state index contributed by atoms with van der Waals surface area (Å²) in [6.07, 6.45) is 2.83. The highest BCUT2D eigenvalue weighted by atomic mass is 32.2. The van der Waals surface area contributed by atoms with Gasteiger partial charge < -0.3 is 14.6 Å². The summed E-state index contributed by atoms with van der Waals surface area (Å²) in [7, 11) is 0. The van der Waals surface area contributed by atoms with Crippen LogP contribution in [-0.2, 0) is 11.3 Å². The molecule has 0 saturated carbocycles. The van der Waals surface area contributed by atoms with Crippen LogP contribution in [0.15, 0.2) is 28.0 Å². The maximum Gasteiger partial charge on any atom is 0.321 e. The molecule has 9 nitrogen and oxygen atoms in total. The molecule has 1 saturated heterocycles. The number of piperidine rings is 1. The van der Waals surface area contributed by atoms with Crippen LogP contribution in [0.2, 0.25) is 0 Å². The molecule has 1 aliphatic heterocycles. The second-order valence-corrected chi connectivity index (χ2v) is 9.21. The fourth-order valence-electron chi connectivity index (χ4n) is 3.74. The Morgan fingerprint density at radius 3 is 2.63 bits per heavy atom. The number of anilines is 1. The first kappa shape index (κ1) is 22.2. The van der Waals surface area contributed by atoms with Crippen molar-refractivity contribution < 1.29 is 14.0 Å². The van der Waals surface area contributed by atoms with Gasteiger partial charge in [0.2, 0.25) is 11.9 Å². The van der Waals surface area contributed by atoms with E-state index in [0.717, 1.165) is 24.8 Å². The Labute approximate surface area is 181 Å². The molecular formula is C20H30N6O3S. The lowest BCUT2D eigenvalue weighted by atomic mass is 9.92. The number of furan rings is 1. The van der Waals surface area contributed by atoms with Crippen LogP contribution in [0.5, 0.6) is 0 Å². The first-order chi connectivity index (χ1) is 14.3. The fourth-order valence-corrected chi connectivity index (χ4v) is 4.47. The third-order valence-corrected chi connectivity index (χ3v) is 5.71. The molecule has 2 N–H and O–H groups in total. The minimum Gasteiger partial charge on any atom is -0.467 e. The van der Waals surface area contributed by atoms with Crippen LogP contribution < -0.4 is 15.5 Å². The number of nitrogens with one attached hydrogen (secondary N) is 2. The minimum absolute atomic E-state index is 0.0428. The van der Waals surface area contributed by atoms with Crippen molar-refractivity contribution >= 4 is 29.6 Å². The Morgan fingerprint density at radius 1 is 1.27 bits per heavy atom. The lowest BCUT2D eigenvalue weighted by Crippen LogP contribution is -2.43. The van der Waals surface area contributed by atoms with Crippen molar-refractivity contribution in [2.24, 2.45) is 11.8 Å². The Morgan fingerprint density at radius 2 is 2.00 bits per heavy atom.